The third-order valence-electron chi connectivity index (χ3n) is 4.26. The molecule has 20 heavy (non-hydrogen) atoms. The Morgan fingerprint density at radius 1 is 1.25 bits per heavy atom. The quantitative estimate of drug-likeness (QED) is 0.695. The van der Waals surface area contributed by atoms with Crippen LogP contribution < -0.4 is 5.32 Å². The van der Waals surface area contributed by atoms with E-state index in [1.54, 1.807) is 0 Å². The van der Waals surface area contributed by atoms with Gasteiger partial charge in [-0.25, -0.2) is 0 Å². The van der Waals surface area contributed by atoms with Gasteiger partial charge in [0.25, 0.3) is 0 Å². The van der Waals surface area contributed by atoms with E-state index in [9.17, 15) is 0 Å². The third-order valence-corrected chi connectivity index (χ3v) is 5.34. The van der Waals surface area contributed by atoms with Crippen molar-refractivity contribution < 1.29 is 0 Å². The Bertz CT molecular complexity index is 414. The van der Waals surface area contributed by atoms with E-state index in [-0.39, 0.29) is 0 Å². The Labute approximate surface area is 128 Å². The van der Waals surface area contributed by atoms with Crippen molar-refractivity contribution in [2.45, 2.75) is 58.2 Å². The van der Waals surface area contributed by atoms with Gasteiger partial charge in [-0.3, -0.25) is 0 Å². The lowest BCUT2D eigenvalue weighted by Crippen LogP contribution is -2.35. The molecule has 1 aromatic rings. The fourth-order valence-corrected chi connectivity index (χ4v) is 4.03. The van der Waals surface area contributed by atoms with E-state index >= 15 is 0 Å². The molecule has 0 amide bonds. The average Bonchev–Trinajstić information content (AvgIpc) is 2.45. The van der Waals surface area contributed by atoms with E-state index in [1.807, 2.05) is 0 Å². The molecule has 1 atom stereocenters. The number of fused-ring (bicyclic) bond motifs is 1. The second-order valence-electron chi connectivity index (χ2n) is 6.77. The Kier molecular flexibility index (Phi) is 5.98. The Morgan fingerprint density at radius 3 is 2.85 bits per heavy atom. The smallest absolute Gasteiger partial charge is 0.0415 e. The van der Waals surface area contributed by atoms with E-state index in [4.69, 9.17) is 0 Å². The first-order chi connectivity index (χ1) is 9.62. The highest BCUT2D eigenvalue weighted by molar-refractivity contribution is 7.98. The van der Waals surface area contributed by atoms with Crippen LogP contribution in [-0.2, 0) is 5.75 Å². The SMILES string of the molecule is CCCCCC(C)(C)CNC1CSCc2ccccc21. The molecule has 2 heteroatoms. The molecule has 0 aromatic heterocycles. The monoisotopic (exact) mass is 291 g/mol. The molecule has 0 bridgehead atoms. The molecule has 0 radical (unpaired) electrons. The summed E-state index contributed by atoms with van der Waals surface area (Å²) in [7, 11) is 0. The van der Waals surface area contributed by atoms with Gasteiger partial charge in [0.15, 0.2) is 0 Å². The summed E-state index contributed by atoms with van der Waals surface area (Å²) >= 11 is 2.06. The standard InChI is InChI=1S/C18H29NS/c1-4-5-8-11-18(2,3)14-19-17-13-20-12-15-9-6-7-10-16(15)17/h6-7,9-10,17,19H,4-5,8,11-14H2,1-3H3. The minimum atomic E-state index is 0.409. The minimum absolute atomic E-state index is 0.409. The summed E-state index contributed by atoms with van der Waals surface area (Å²) in [6, 6.07) is 9.46. The lowest BCUT2D eigenvalue weighted by Gasteiger charge is -2.31. The summed E-state index contributed by atoms with van der Waals surface area (Å²) in [6.45, 7) is 8.20. The number of thioether (sulfide) groups is 1. The Balaban J connectivity index is 1.88. The van der Waals surface area contributed by atoms with Crippen molar-refractivity contribution in [2.24, 2.45) is 5.41 Å². The van der Waals surface area contributed by atoms with Crippen LogP contribution in [-0.4, -0.2) is 12.3 Å². The summed E-state index contributed by atoms with van der Waals surface area (Å²) < 4.78 is 0. The van der Waals surface area contributed by atoms with Gasteiger partial charge >= 0.3 is 0 Å². The number of hydrogen-bond acceptors (Lipinski definition) is 2. The second-order valence-corrected chi connectivity index (χ2v) is 7.80. The molecule has 1 nitrogen and oxygen atoms in total. The molecule has 0 spiro atoms. The van der Waals surface area contributed by atoms with Crippen LogP contribution in [0.25, 0.3) is 0 Å². The summed E-state index contributed by atoms with van der Waals surface area (Å²) in [4.78, 5) is 0. The number of rotatable bonds is 7. The molecule has 1 aliphatic rings. The molecule has 112 valence electrons. The number of hydrogen-bond donors (Lipinski definition) is 1. The van der Waals surface area contributed by atoms with Gasteiger partial charge in [0.1, 0.15) is 0 Å². The molecule has 2 rings (SSSR count). The van der Waals surface area contributed by atoms with Crippen molar-refractivity contribution in [1.82, 2.24) is 5.32 Å². The van der Waals surface area contributed by atoms with E-state index in [2.05, 4.69) is 62.1 Å². The Hall–Kier alpha value is -0.470. The van der Waals surface area contributed by atoms with Gasteiger partial charge in [-0.2, -0.15) is 11.8 Å². The number of unbranched alkanes of at least 4 members (excludes halogenated alkanes) is 2. The van der Waals surface area contributed by atoms with Crippen molar-refractivity contribution in [3.05, 3.63) is 35.4 Å². The molecular formula is C18H29NS. The first-order valence-corrected chi connectivity index (χ1v) is 9.17. The van der Waals surface area contributed by atoms with Gasteiger partial charge < -0.3 is 5.32 Å². The molecule has 1 unspecified atom stereocenters. The first kappa shape index (κ1) is 15.9. The predicted molar refractivity (Wildman–Crippen MR) is 91.3 cm³/mol. The molecule has 0 saturated heterocycles. The lowest BCUT2D eigenvalue weighted by molar-refractivity contribution is 0.291. The number of benzene rings is 1. The molecular weight excluding hydrogens is 262 g/mol. The lowest BCUT2D eigenvalue weighted by atomic mass is 9.86. The van der Waals surface area contributed by atoms with Crippen LogP contribution in [0, 0.1) is 5.41 Å². The predicted octanol–water partition coefficient (Wildman–Crippen LogP) is 5.17. The second kappa shape index (κ2) is 7.51. The van der Waals surface area contributed by atoms with E-state index < -0.39 is 0 Å². The van der Waals surface area contributed by atoms with Crippen LogP contribution in [0.5, 0.6) is 0 Å². The van der Waals surface area contributed by atoms with Gasteiger partial charge in [-0.15, -0.1) is 0 Å². The molecule has 0 saturated carbocycles. The van der Waals surface area contributed by atoms with Crippen LogP contribution in [0.4, 0.5) is 0 Å². The van der Waals surface area contributed by atoms with Gasteiger partial charge in [-0.05, 0) is 23.0 Å². The number of nitrogens with one attached hydrogen (secondary N) is 1. The molecule has 1 heterocycles. The van der Waals surface area contributed by atoms with Gasteiger partial charge in [0.05, 0.1) is 0 Å². The van der Waals surface area contributed by atoms with E-state index in [0.29, 0.717) is 11.5 Å². The molecule has 1 aromatic carbocycles. The summed E-state index contributed by atoms with van der Waals surface area (Å²) in [6.07, 6.45) is 5.37. The van der Waals surface area contributed by atoms with E-state index in [1.165, 1.54) is 48.3 Å². The molecule has 1 aliphatic heterocycles. The summed E-state index contributed by atoms with van der Waals surface area (Å²) in [5.41, 5.74) is 3.45. The highest BCUT2D eigenvalue weighted by atomic mass is 32.2. The van der Waals surface area contributed by atoms with Gasteiger partial charge in [-0.1, -0.05) is 64.3 Å². The summed E-state index contributed by atoms with van der Waals surface area (Å²) in [5.74, 6) is 2.39. The van der Waals surface area contributed by atoms with Crippen molar-refractivity contribution in [2.75, 3.05) is 12.3 Å². The largest absolute Gasteiger partial charge is 0.309 e. The van der Waals surface area contributed by atoms with Crippen molar-refractivity contribution in [3.8, 4) is 0 Å². The maximum Gasteiger partial charge on any atom is 0.0415 e. The van der Waals surface area contributed by atoms with Crippen LogP contribution in [0.15, 0.2) is 24.3 Å². The molecule has 0 aliphatic carbocycles. The zero-order chi connectivity index (χ0) is 14.4. The van der Waals surface area contributed by atoms with Crippen molar-refractivity contribution in [1.29, 1.82) is 0 Å². The minimum Gasteiger partial charge on any atom is -0.309 e. The maximum atomic E-state index is 3.82. The van der Waals surface area contributed by atoms with Gasteiger partial charge in [0.2, 0.25) is 0 Å². The van der Waals surface area contributed by atoms with Crippen LogP contribution in [0.3, 0.4) is 0 Å². The summed E-state index contributed by atoms with van der Waals surface area (Å²) in [5, 5.41) is 3.82. The fraction of sp³-hybridized carbons (Fsp3) is 0.667. The maximum absolute atomic E-state index is 3.82. The highest BCUT2D eigenvalue weighted by Crippen LogP contribution is 2.32. The van der Waals surface area contributed by atoms with Gasteiger partial charge in [0, 0.05) is 24.1 Å². The topological polar surface area (TPSA) is 12.0 Å². The van der Waals surface area contributed by atoms with Crippen LogP contribution in [0.1, 0.15) is 63.6 Å². The molecule has 1 N–H and O–H groups in total. The third kappa shape index (κ3) is 4.53. The van der Waals surface area contributed by atoms with Crippen molar-refractivity contribution >= 4 is 11.8 Å². The zero-order valence-corrected chi connectivity index (χ0v) is 14.1. The zero-order valence-electron chi connectivity index (χ0n) is 13.2. The normalized spacial score (nSPS) is 18.9. The van der Waals surface area contributed by atoms with Crippen LogP contribution >= 0.6 is 11.8 Å². The fourth-order valence-electron chi connectivity index (χ4n) is 2.89. The van der Waals surface area contributed by atoms with Crippen LogP contribution in [0.2, 0.25) is 0 Å². The Morgan fingerprint density at radius 2 is 2.05 bits per heavy atom. The van der Waals surface area contributed by atoms with E-state index in [0.717, 1.165) is 6.54 Å². The first-order valence-electron chi connectivity index (χ1n) is 8.01. The average molecular weight is 292 g/mol. The highest BCUT2D eigenvalue weighted by Gasteiger charge is 2.23. The van der Waals surface area contributed by atoms with Crippen molar-refractivity contribution in [3.63, 3.8) is 0 Å². The molecule has 0 fully saturated rings.